The van der Waals surface area contributed by atoms with E-state index in [9.17, 15) is 19.7 Å². The number of amides is 1. The number of hydrazone groups is 1. The minimum absolute atomic E-state index is 0.0204. The normalized spacial score (nSPS) is 10.6. The van der Waals surface area contributed by atoms with E-state index < -0.39 is 23.4 Å². The van der Waals surface area contributed by atoms with E-state index in [1.165, 1.54) is 24.4 Å². The minimum Gasteiger partial charge on any atom is -0.490 e. The van der Waals surface area contributed by atoms with Crippen molar-refractivity contribution in [2.75, 3.05) is 13.2 Å². The van der Waals surface area contributed by atoms with Crippen molar-refractivity contribution in [2.45, 2.75) is 13.8 Å². The smallest absolute Gasteiger partial charge is 0.345 e. The van der Waals surface area contributed by atoms with Crippen molar-refractivity contribution in [3.05, 3.63) is 92.5 Å². The van der Waals surface area contributed by atoms with Crippen molar-refractivity contribution in [1.29, 1.82) is 0 Å². The van der Waals surface area contributed by atoms with Gasteiger partial charge in [0.1, 0.15) is 0 Å². The zero-order valence-corrected chi connectivity index (χ0v) is 20.2. The van der Waals surface area contributed by atoms with Gasteiger partial charge in [-0.2, -0.15) is 5.10 Å². The molecular formula is C25H22ClN3O7. The third kappa shape index (κ3) is 7.03. The van der Waals surface area contributed by atoms with Gasteiger partial charge < -0.3 is 14.2 Å². The average Bonchev–Trinajstić information content (AvgIpc) is 2.85. The molecular weight excluding hydrogens is 490 g/mol. The highest BCUT2D eigenvalue weighted by molar-refractivity contribution is 6.33. The van der Waals surface area contributed by atoms with E-state index in [2.05, 4.69) is 10.5 Å². The molecule has 0 radical (unpaired) electrons. The number of rotatable bonds is 10. The zero-order chi connectivity index (χ0) is 26.1. The number of ether oxygens (including phenoxy) is 3. The lowest BCUT2D eigenvalue weighted by Gasteiger charge is -2.12. The molecule has 36 heavy (non-hydrogen) atoms. The Morgan fingerprint density at radius 3 is 2.53 bits per heavy atom. The van der Waals surface area contributed by atoms with Gasteiger partial charge in [-0.25, -0.2) is 10.2 Å². The Kier molecular flexibility index (Phi) is 8.95. The van der Waals surface area contributed by atoms with Crippen LogP contribution >= 0.6 is 11.6 Å². The van der Waals surface area contributed by atoms with Crippen LogP contribution in [-0.4, -0.2) is 36.2 Å². The highest BCUT2D eigenvalue weighted by atomic mass is 35.5. The van der Waals surface area contributed by atoms with Crippen LogP contribution in [0.15, 0.2) is 65.8 Å². The summed E-state index contributed by atoms with van der Waals surface area (Å²) in [6.45, 7) is 3.34. The van der Waals surface area contributed by atoms with E-state index in [1.807, 2.05) is 0 Å². The van der Waals surface area contributed by atoms with Crippen molar-refractivity contribution in [2.24, 2.45) is 5.10 Å². The molecule has 0 aliphatic rings. The van der Waals surface area contributed by atoms with E-state index in [0.29, 0.717) is 23.5 Å². The van der Waals surface area contributed by atoms with Crippen molar-refractivity contribution in [1.82, 2.24) is 5.43 Å². The van der Waals surface area contributed by atoms with Crippen molar-refractivity contribution < 1.29 is 28.7 Å². The second-order valence-corrected chi connectivity index (χ2v) is 7.73. The van der Waals surface area contributed by atoms with Crippen LogP contribution in [0, 0.1) is 17.0 Å². The number of nitro groups is 1. The van der Waals surface area contributed by atoms with Gasteiger partial charge >= 0.3 is 11.7 Å². The summed E-state index contributed by atoms with van der Waals surface area (Å²) in [5.74, 6) is -0.784. The fourth-order valence-electron chi connectivity index (χ4n) is 2.99. The second-order valence-electron chi connectivity index (χ2n) is 7.32. The van der Waals surface area contributed by atoms with Crippen LogP contribution in [0.1, 0.15) is 28.4 Å². The van der Waals surface area contributed by atoms with Crippen LogP contribution in [0.5, 0.6) is 17.2 Å². The Bertz CT molecular complexity index is 1310. The van der Waals surface area contributed by atoms with Crippen LogP contribution in [0.25, 0.3) is 0 Å². The molecule has 11 heteroatoms. The molecule has 10 nitrogen and oxygen atoms in total. The van der Waals surface area contributed by atoms with Crippen LogP contribution < -0.4 is 19.6 Å². The SMILES string of the molecule is CCOc1cc(/C=N/NC(=O)COc2ccc(C)cc2[N+](=O)[O-])ccc1OC(=O)c1ccccc1Cl. The Morgan fingerprint density at radius 1 is 1.06 bits per heavy atom. The number of esters is 1. The van der Waals surface area contributed by atoms with Gasteiger partial charge in [-0.15, -0.1) is 0 Å². The number of hydrogen-bond acceptors (Lipinski definition) is 8. The summed E-state index contributed by atoms with van der Waals surface area (Å²) < 4.78 is 16.3. The van der Waals surface area contributed by atoms with Gasteiger partial charge in [0.05, 0.1) is 28.3 Å². The van der Waals surface area contributed by atoms with Gasteiger partial charge in [0.25, 0.3) is 5.91 Å². The van der Waals surface area contributed by atoms with Gasteiger partial charge in [-0.05, 0) is 61.4 Å². The molecule has 3 aromatic carbocycles. The summed E-state index contributed by atoms with van der Waals surface area (Å²) in [6.07, 6.45) is 1.36. The third-order valence-corrected chi connectivity index (χ3v) is 4.97. The molecule has 0 spiro atoms. The topological polar surface area (TPSA) is 129 Å². The molecule has 3 rings (SSSR count). The van der Waals surface area contributed by atoms with Crippen LogP contribution in [-0.2, 0) is 4.79 Å². The van der Waals surface area contributed by atoms with E-state index in [0.717, 1.165) is 0 Å². The van der Waals surface area contributed by atoms with Crippen molar-refractivity contribution in [3.63, 3.8) is 0 Å². The number of nitrogens with zero attached hydrogens (tertiary/aromatic N) is 2. The van der Waals surface area contributed by atoms with E-state index >= 15 is 0 Å². The Hall–Kier alpha value is -4.44. The van der Waals surface area contributed by atoms with Crippen LogP contribution in [0.4, 0.5) is 5.69 Å². The molecule has 0 bridgehead atoms. The Labute approximate surface area is 211 Å². The predicted molar refractivity (Wildman–Crippen MR) is 133 cm³/mol. The van der Waals surface area contributed by atoms with Gasteiger partial charge in [0.2, 0.25) is 0 Å². The first-order chi connectivity index (χ1) is 17.3. The summed E-state index contributed by atoms with van der Waals surface area (Å²) in [6, 6.07) is 15.7. The Balaban J connectivity index is 1.62. The van der Waals surface area contributed by atoms with Crippen LogP contribution in [0.2, 0.25) is 5.02 Å². The number of hydrogen-bond donors (Lipinski definition) is 1. The fraction of sp³-hybridized carbons (Fsp3) is 0.160. The summed E-state index contributed by atoms with van der Waals surface area (Å²) in [5, 5.41) is 15.3. The second kappa shape index (κ2) is 12.3. The molecule has 0 unspecified atom stereocenters. The molecule has 0 saturated carbocycles. The van der Waals surface area contributed by atoms with Crippen molar-refractivity contribution in [3.8, 4) is 17.2 Å². The fourth-order valence-corrected chi connectivity index (χ4v) is 3.20. The maximum atomic E-state index is 12.5. The molecule has 0 aliphatic carbocycles. The molecule has 3 aromatic rings. The number of benzene rings is 3. The average molecular weight is 512 g/mol. The number of aryl methyl sites for hydroxylation is 1. The number of carbonyl (C=O) groups is 2. The lowest BCUT2D eigenvalue weighted by Crippen LogP contribution is -2.24. The molecule has 0 aromatic heterocycles. The molecule has 0 saturated heterocycles. The molecule has 186 valence electrons. The monoisotopic (exact) mass is 511 g/mol. The molecule has 1 N–H and O–H groups in total. The summed E-state index contributed by atoms with van der Waals surface area (Å²) in [7, 11) is 0. The number of nitro benzene ring substituents is 1. The first-order valence-electron chi connectivity index (χ1n) is 10.7. The number of halogens is 1. The third-order valence-electron chi connectivity index (χ3n) is 4.64. The zero-order valence-electron chi connectivity index (χ0n) is 19.4. The maximum Gasteiger partial charge on any atom is 0.345 e. The lowest BCUT2D eigenvalue weighted by atomic mass is 10.2. The summed E-state index contributed by atoms with van der Waals surface area (Å²) in [5.41, 5.74) is 3.51. The minimum atomic E-state index is -0.635. The van der Waals surface area contributed by atoms with E-state index in [1.54, 1.807) is 56.3 Å². The van der Waals surface area contributed by atoms with Gasteiger partial charge in [0.15, 0.2) is 23.9 Å². The molecule has 0 aliphatic heterocycles. The van der Waals surface area contributed by atoms with Crippen molar-refractivity contribution >= 4 is 35.4 Å². The largest absolute Gasteiger partial charge is 0.490 e. The molecule has 0 fully saturated rings. The quantitative estimate of drug-likeness (QED) is 0.137. The highest BCUT2D eigenvalue weighted by Gasteiger charge is 2.17. The first-order valence-corrected chi connectivity index (χ1v) is 11.1. The van der Waals surface area contributed by atoms with E-state index in [-0.39, 0.29) is 27.8 Å². The molecule has 0 atom stereocenters. The summed E-state index contributed by atoms with van der Waals surface area (Å²) >= 11 is 6.06. The standard InChI is InChI=1S/C25H22ClN3O7/c1-3-34-23-13-17(9-11-22(23)36-25(31)18-6-4-5-7-19(18)26)14-27-28-24(30)15-35-21-10-8-16(2)12-20(21)29(32)33/h4-14H,3,15H2,1-2H3,(H,28,30)/b27-14+. The Morgan fingerprint density at radius 2 is 1.81 bits per heavy atom. The maximum absolute atomic E-state index is 12.5. The molecule has 1 amide bonds. The van der Waals surface area contributed by atoms with Gasteiger partial charge in [0, 0.05) is 6.07 Å². The first kappa shape index (κ1) is 26.2. The van der Waals surface area contributed by atoms with Gasteiger partial charge in [-0.1, -0.05) is 29.8 Å². The number of carbonyl (C=O) groups excluding carboxylic acids is 2. The summed E-state index contributed by atoms with van der Waals surface area (Å²) in [4.78, 5) is 35.1. The van der Waals surface area contributed by atoms with Gasteiger partial charge in [-0.3, -0.25) is 14.9 Å². The molecule has 0 heterocycles. The van der Waals surface area contributed by atoms with Crippen LogP contribution in [0.3, 0.4) is 0 Å². The lowest BCUT2D eigenvalue weighted by molar-refractivity contribution is -0.385. The highest BCUT2D eigenvalue weighted by Crippen LogP contribution is 2.30. The predicted octanol–water partition coefficient (Wildman–Crippen LogP) is 4.70. The van der Waals surface area contributed by atoms with E-state index in [4.69, 9.17) is 25.8 Å². The number of nitrogens with one attached hydrogen (secondary N) is 1.